The number of hydrogen-bond donors (Lipinski definition) is 3. The lowest BCUT2D eigenvalue weighted by Gasteiger charge is -2.03. The van der Waals surface area contributed by atoms with Crippen LogP contribution in [0.15, 0.2) is 16.3 Å². The van der Waals surface area contributed by atoms with Crippen LogP contribution in [0, 0.1) is 0 Å². The van der Waals surface area contributed by atoms with Crippen LogP contribution in [0.25, 0.3) is 0 Å². The van der Waals surface area contributed by atoms with Gasteiger partial charge in [-0.1, -0.05) is 0 Å². The Bertz CT molecular complexity index is 391. The molecule has 0 aliphatic carbocycles. The van der Waals surface area contributed by atoms with Crippen LogP contribution in [0.5, 0.6) is 0 Å². The fraction of sp³-hybridized carbons (Fsp3) is 0.444. The van der Waals surface area contributed by atoms with Crippen LogP contribution in [0.1, 0.15) is 11.4 Å². The fourth-order valence-electron chi connectivity index (χ4n) is 1.78. The van der Waals surface area contributed by atoms with Crippen molar-refractivity contribution in [2.45, 2.75) is 0 Å². The molecule has 1 aromatic heterocycles. The molecule has 3 rings (SSSR count). The molecule has 3 N–H and O–H groups in total. The number of nitrogens with one attached hydrogen (secondary N) is 3. The highest BCUT2D eigenvalue weighted by Crippen LogP contribution is 2.08. The van der Waals surface area contributed by atoms with Gasteiger partial charge in [-0.15, -0.1) is 0 Å². The second-order valence-corrected chi connectivity index (χ2v) is 3.44. The molecule has 0 bridgehead atoms. The van der Waals surface area contributed by atoms with Crippen molar-refractivity contribution in [3.05, 3.63) is 17.7 Å². The van der Waals surface area contributed by atoms with Gasteiger partial charge in [0.15, 0.2) is 0 Å². The number of H-pyrrole nitrogens is 1. The van der Waals surface area contributed by atoms with Gasteiger partial charge in [-0.3, -0.25) is 9.98 Å². The number of nitrogens with zero attached hydrogens (tertiary/aromatic N) is 3. The van der Waals surface area contributed by atoms with E-state index in [4.69, 9.17) is 0 Å². The van der Waals surface area contributed by atoms with E-state index in [-0.39, 0.29) is 0 Å². The molecule has 0 atom stereocenters. The van der Waals surface area contributed by atoms with Crippen molar-refractivity contribution in [1.29, 1.82) is 0 Å². The third kappa shape index (κ3) is 1.38. The van der Waals surface area contributed by atoms with E-state index in [2.05, 4.69) is 30.6 Å². The van der Waals surface area contributed by atoms with Crippen LogP contribution in [-0.2, 0) is 0 Å². The molecular formula is C9H12N6. The predicted octanol–water partition coefficient (Wildman–Crippen LogP) is -0.891. The van der Waals surface area contributed by atoms with Crippen molar-refractivity contribution in [1.82, 2.24) is 20.6 Å². The number of amidine groups is 2. The highest BCUT2D eigenvalue weighted by molar-refractivity contribution is 6.09. The molecule has 1 aromatic rings. The van der Waals surface area contributed by atoms with Gasteiger partial charge in [0, 0.05) is 13.1 Å². The summed E-state index contributed by atoms with van der Waals surface area (Å²) < 4.78 is 0. The second kappa shape index (κ2) is 3.38. The van der Waals surface area contributed by atoms with Crippen molar-refractivity contribution in [3.63, 3.8) is 0 Å². The Morgan fingerprint density at radius 3 is 2.40 bits per heavy atom. The normalized spacial score (nSPS) is 19.5. The van der Waals surface area contributed by atoms with Crippen molar-refractivity contribution >= 4 is 11.7 Å². The average molecular weight is 204 g/mol. The van der Waals surface area contributed by atoms with Gasteiger partial charge in [-0.2, -0.15) is 0 Å². The van der Waals surface area contributed by atoms with Gasteiger partial charge in [0.1, 0.15) is 23.1 Å². The molecule has 0 radical (unpaired) electrons. The van der Waals surface area contributed by atoms with E-state index in [1.807, 2.05) is 0 Å². The standard InChI is InChI=1S/C9H12N6/c1-2-11-8(10-1)6-7(15-5-14-6)9-12-3-4-13-9/h5H,1-4H2,(H,10,11)(H,12,13)(H,14,15). The Morgan fingerprint density at radius 1 is 1.00 bits per heavy atom. The molecule has 6 nitrogen and oxygen atoms in total. The zero-order valence-electron chi connectivity index (χ0n) is 8.25. The molecule has 0 saturated heterocycles. The molecule has 0 aromatic carbocycles. The third-order valence-corrected chi connectivity index (χ3v) is 2.45. The Morgan fingerprint density at radius 2 is 1.73 bits per heavy atom. The first kappa shape index (κ1) is 8.46. The molecule has 0 saturated carbocycles. The topological polar surface area (TPSA) is 77.5 Å². The van der Waals surface area contributed by atoms with E-state index in [0.29, 0.717) is 0 Å². The molecule has 0 fully saturated rings. The number of aromatic amines is 1. The van der Waals surface area contributed by atoms with Gasteiger partial charge < -0.3 is 15.6 Å². The van der Waals surface area contributed by atoms with Gasteiger partial charge in [0.05, 0.1) is 19.4 Å². The Labute approximate surface area is 86.9 Å². The van der Waals surface area contributed by atoms with E-state index < -0.39 is 0 Å². The smallest absolute Gasteiger partial charge is 0.149 e. The number of aliphatic imine (C=N–C) groups is 2. The second-order valence-electron chi connectivity index (χ2n) is 3.44. The minimum atomic E-state index is 0.821. The van der Waals surface area contributed by atoms with Gasteiger partial charge in [-0.25, -0.2) is 4.98 Å². The van der Waals surface area contributed by atoms with Crippen LogP contribution in [0.4, 0.5) is 0 Å². The van der Waals surface area contributed by atoms with Crippen LogP contribution in [0.2, 0.25) is 0 Å². The molecule has 2 aliphatic rings. The SMILES string of the molecule is c1nc(C2=NCCN2)c(C2=NCCN2)[nH]1. The van der Waals surface area contributed by atoms with Gasteiger partial charge in [0.25, 0.3) is 0 Å². The lowest BCUT2D eigenvalue weighted by molar-refractivity contribution is 0.956. The molecular weight excluding hydrogens is 192 g/mol. The van der Waals surface area contributed by atoms with Crippen molar-refractivity contribution in [3.8, 4) is 0 Å². The molecule has 0 unspecified atom stereocenters. The fourth-order valence-corrected chi connectivity index (χ4v) is 1.78. The minimum absolute atomic E-state index is 0.821. The lowest BCUT2D eigenvalue weighted by atomic mass is 10.3. The van der Waals surface area contributed by atoms with E-state index in [0.717, 1.165) is 49.2 Å². The van der Waals surface area contributed by atoms with Crippen LogP contribution >= 0.6 is 0 Å². The van der Waals surface area contributed by atoms with E-state index in [9.17, 15) is 0 Å². The number of rotatable bonds is 2. The minimum Gasteiger partial charge on any atom is -0.367 e. The van der Waals surface area contributed by atoms with E-state index in [1.165, 1.54) is 0 Å². The van der Waals surface area contributed by atoms with Crippen LogP contribution in [-0.4, -0.2) is 47.8 Å². The van der Waals surface area contributed by atoms with Crippen LogP contribution in [0.3, 0.4) is 0 Å². The molecule has 3 heterocycles. The monoisotopic (exact) mass is 204 g/mol. The first-order valence-electron chi connectivity index (χ1n) is 5.06. The summed E-state index contributed by atoms with van der Waals surface area (Å²) in [6.45, 7) is 3.43. The number of aromatic nitrogens is 2. The number of hydrogen-bond acceptors (Lipinski definition) is 5. The summed E-state index contributed by atoms with van der Waals surface area (Å²) in [4.78, 5) is 16.1. The molecule has 6 heteroatoms. The largest absolute Gasteiger partial charge is 0.367 e. The van der Waals surface area contributed by atoms with Crippen molar-refractivity contribution < 1.29 is 0 Å². The van der Waals surface area contributed by atoms with Crippen molar-refractivity contribution in [2.75, 3.05) is 26.2 Å². The summed E-state index contributed by atoms with van der Waals surface area (Å²) in [6, 6.07) is 0. The highest BCUT2D eigenvalue weighted by Gasteiger charge is 2.20. The van der Waals surface area contributed by atoms with E-state index in [1.54, 1.807) is 6.33 Å². The summed E-state index contributed by atoms with van der Waals surface area (Å²) >= 11 is 0. The zero-order chi connectivity index (χ0) is 10.1. The first-order valence-corrected chi connectivity index (χ1v) is 5.06. The summed E-state index contributed by atoms with van der Waals surface area (Å²) in [7, 11) is 0. The maximum atomic E-state index is 4.36. The highest BCUT2D eigenvalue weighted by atomic mass is 15.1. The molecule has 15 heavy (non-hydrogen) atoms. The van der Waals surface area contributed by atoms with Gasteiger partial charge in [0.2, 0.25) is 0 Å². The summed E-state index contributed by atoms with van der Waals surface area (Å²) in [6.07, 6.45) is 1.68. The quantitative estimate of drug-likeness (QED) is 0.585. The van der Waals surface area contributed by atoms with Crippen LogP contribution < -0.4 is 10.6 Å². The Kier molecular flexibility index (Phi) is 1.90. The summed E-state index contributed by atoms with van der Waals surface area (Å²) in [5.41, 5.74) is 1.79. The molecule has 2 aliphatic heterocycles. The maximum Gasteiger partial charge on any atom is 0.149 e. The zero-order valence-corrected chi connectivity index (χ0v) is 8.25. The molecule has 0 spiro atoms. The number of imidazole rings is 1. The average Bonchev–Trinajstić information content (AvgIpc) is 3.01. The predicted molar refractivity (Wildman–Crippen MR) is 57.4 cm³/mol. The van der Waals surface area contributed by atoms with E-state index >= 15 is 0 Å². The molecule has 78 valence electrons. The van der Waals surface area contributed by atoms with Crippen molar-refractivity contribution in [2.24, 2.45) is 9.98 Å². The summed E-state index contributed by atoms with van der Waals surface area (Å²) in [5.74, 6) is 1.75. The third-order valence-electron chi connectivity index (χ3n) is 2.45. The first-order chi connectivity index (χ1) is 7.45. The maximum absolute atomic E-state index is 4.36. The van der Waals surface area contributed by atoms with Gasteiger partial charge in [-0.05, 0) is 0 Å². The van der Waals surface area contributed by atoms with Gasteiger partial charge >= 0.3 is 0 Å². The lowest BCUT2D eigenvalue weighted by Crippen LogP contribution is -2.26. The Balaban J connectivity index is 1.98. The Hall–Kier alpha value is -1.85. The molecule has 0 amide bonds. The summed E-state index contributed by atoms with van der Waals surface area (Å²) in [5, 5.41) is 6.43.